The van der Waals surface area contributed by atoms with Crippen LogP contribution in [0.1, 0.15) is 95.9 Å². The van der Waals surface area contributed by atoms with Crippen molar-refractivity contribution in [2.75, 3.05) is 21.1 Å². The lowest BCUT2D eigenvalue weighted by atomic mass is 9.94. The monoisotopic (exact) mass is 667 g/mol. The molecule has 1 aliphatic rings. The molecule has 0 spiro atoms. The lowest BCUT2D eigenvalue weighted by molar-refractivity contribution is -0.182. The number of carbonyl (C=O) groups is 6. The Balaban J connectivity index is 4.00. The number of carbonyl (C=O) groups excluding carboxylic acids is 6. The van der Waals surface area contributed by atoms with Crippen LogP contribution in [0, 0.1) is 35.5 Å². The summed E-state index contributed by atoms with van der Waals surface area (Å²) >= 11 is 0. The molecule has 0 aromatic rings. The highest BCUT2D eigenvalue weighted by atomic mass is 16.6. The molecule has 0 radical (unpaired) electrons. The fraction of sp³-hybridized carbons (Fsp3) is 0.829. The number of hydrogen-bond acceptors (Lipinski definition) is 9. The van der Waals surface area contributed by atoms with Crippen molar-refractivity contribution in [1.82, 2.24) is 14.7 Å². The van der Waals surface area contributed by atoms with Crippen molar-refractivity contribution >= 4 is 35.6 Å². The molecule has 1 aliphatic heterocycles. The fourth-order valence-corrected chi connectivity index (χ4v) is 5.88. The lowest BCUT2D eigenvalue weighted by Crippen LogP contribution is -2.58. The van der Waals surface area contributed by atoms with Crippen molar-refractivity contribution < 1.29 is 43.0 Å². The van der Waals surface area contributed by atoms with Crippen LogP contribution in [-0.2, 0) is 43.0 Å². The standard InChI is InChI=1S/C35H61N3O9/c1-16-22(11)25-34(43)46-27(19(5)6)30(39)36(13)24(18(3)4)33(42)45-28(20(7)8)31(40)37(14)26(23(12)17-2)35(44)47-29(21(9)10)32(41)38(25)15/h18-29H,16-17H2,1-15H3/t22-,23+,24+,25-,26+,27-,28-,29-/m1/s1. The number of amides is 3. The van der Waals surface area contributed by atoms with Gasteiger partial charge in [-0.15, -0.1) is 0 Å². The van der Waals surface area contributed by atoms with E-state index < -0.39 is 95.7 Å². The molecular formula is C35H61N3O9. The van der Waals surface area contributed by atoms with Gasteiger partial charge in [0.05, 0.1) is 0 Å². The van der Waals surface area contributed by atoms with Gasteiger partial charge in [0.25, 0.3) is 17.7 Å². The largest absolute Gasteiger partial charge is 0.450 e. The minimum atomic E-state index is -1.28. The van der Waals surface area contributed by atoms with Gasteiger partial charge in [0.15, 0.2) is 18.3 Å². The van der Waals surface area contributed by atoms with Crippen molar-refractivity contribution in [2.24, 2.45) is 35.5 Å². The topological polar surface area (TPSA) is 140 Å². The summed E-state index contributed by atoms with van der Waals surface area (Å²) in [5.41, 5.74) is 0. The van der Waals surface area contributed by atoms with E-state index in [9.17, 15) is 28.8 Å². The van der Waals surface area contributed by atoms with Crippen LogP contribution in [0.5, 0.6) is 0 Å². The molecule has 0 aromatic heterocycles. The van der Waals surface area contributed by atoms with Gasteiger partial charge in [-0.05, 0) is 35.5 Å². The Morgan fingerprint density at radius 3 is 0.894 bits per heavy atom. The summed E-state index contributed by atoms with van der Waals surface area (Å²) in [5.74, 6) is -6.82. The van der Waals surface area contributed by atoms with Gasteiger partial charge in [-0.3, -0.25) is 14.4 Å². The normalized spacial score (nSPS) is 28.0. The third kappa shape index (κ3) is 9.92. The average molecular weight is 668 g/mol. The van der Waals surface area contributed by atoms with Crippen molar-refractivity contribution in [3.05, 3.63) is 0 Å². The molecule has 270 valence electrons. The summed E-state index contributed by atoms with van der Waals surface area (Å²) in [5, 5.41) is 0. The maximum atomic E-state index is 14.0. The highest BCUT2D eigenvalue weighted by Gasteiger charge is 2.45. The maximum Gasteiger partial charge on any atom is 0.329 e. The van der Waals surface area contributed by atoms with Crippen LogP contribution in [0.2, 0.25) is 0 Å². The van der Waals surface area contributed by atoms with Gasteiger partial charge in [0.1, 0.15) is 18.1 Å². The molecule has 3 amide bonds. The number of esters is 3. The van der Waals surface area contributed by atoms with E-state index in [1.54, 1.807) is 69.2 Å². The van der Waals surface area contributed by atoms with Gasteiger partial charge in [0, 0.05) is 21.1 Å². The second-order valence-electron chi connectivity index (χ2n) is 14.5. The first-order chi connectivity index (χ1) is 21.6. The molecule has 0 N–H and O–H groups in total. The Labute approximate surface area is 282 Å². The maximum absolute atomic E-state index is 14.0. The number of nitrogens with zero attached hydrogens (tertiary/aromatic N) is 3. The van der Waals surface area contributed by atoms with Gasteiger partial charge in [-0.1, -0.05) is 95.9 Å². The van der Waals surface area contributed by atoms with Crippen LogP contribution in [0.25, 0.3) is 0 Å². The lowest BCUT2D eigenvalue weighted by Gasteiger charge is -2.39. The summed E-state index contributed by atoms with van der Waals surface area (Å²) in [7, 11) is 4.36. The molecule has 1 heterocycles. The quantitative estimate of drug-likeness (QED) is 0.278. The molecule has 0 aromatic carbocycles. The summed E-state index contributed by atoms with van der Waals surface area (Å²) in [6, 6.07) is -3.31. The van der Waals surface area contributed by atoms with E-state index in [0.29, 0.717) is 12.8 Å². The summed E-state index contributed by atoms with van der Waals surface area (Å²) in [6.07, 6.45) is -2.82. The molecular weight excluding hydrogens is 606 g/mol. The smallest absolute Gasteiger partial charge is 0.329 e. The summed E-state index contributed by atoms with van der Waals surface area (Å²) < 4.78 is 17.6. The molecule has 1 fully saturated rings. The van der Waals surface area contributed by atoms with E-state index in [0.717, 1.165) is 0 Å². The number of likely N-dealkylation sites (N-methyl/N-ethyl adjacent to an activating group) is 3. The zero-order valence-corrected chi connectivity index (χ0v) is 31.4. The number of rotatable bonds is 8. The molecule has 47 heavy (non-hydrogen) atoms. The molecule has 0 saturated carbocycles. The van der Waals surface area contributed by atoms with Crippen LogP contribution < -0.4 is 0 Å². The van der Waals surface area contributed by atoms with Crippen molar-refractivity contribution in [2.45, 2.75) is 132 Å². The minimum Gasteiger partial charge on any atom is -0.450 e. The number of hydrogen-bond donors (Lipinski definition) is 0. The van der Waals surface area contributed by atoms with E-state index >= 15 is 0 Å². The minimum absolute atomic E-state index is 0.380. The Morgan fingerprint density at radius 2 is 0.681 bits per heavy atom. The first-order valence-corrected chi connectivity index (χ1v) is 17.1. The molecule has 1 rings (SSSR count). The molecule has 0 bridgehead atoms. The fourth-order valence-electron chi connectivity index (χ4n) is 5.88. The first kappa shape index (κ1) is 41.8. The van der Waals surface area contributed by atoms with Crippen LogP contribution in [0.4, 0.5) is 0 Å². The van der Waals surface area contributed by atoms with Crippen molar-refractivity contribution in [3.63, 3.8) is 0 Å². The number of ether oxygens (including phenoxy) is 3. The van der Waals surface area contributed by atoms with Crippen LogP contribution in [-0.4, -0.2) is 108 Å². The zero-order chi connectivity index (χ0) is 36.7. The Hall–Kier alpha value is -3.18. The van der Waals surface area contributed by atoms with E-state index in [2.05, 4.69) is 0 Å². The van der Waals surface area contributed by atoms with Gasteiger partial charge < -0.3 is 28.9 Å². The van der Waals surface area contributed by atoms with Crippen molar-refractivity contribution in [1.29, 1.82) is 0 Å². The van der Waals surface area contributed by atoms with Gasteiger partial charge >= 0.3 is 17.9 Å². The summed E-state index contributed by atoms with van der Waals surface area (Å²) in [6.45, 7) is 21.1. The molecule has 1 saturated heterocycles. The van der Waals surface area contributed by atoms with E-state index in [1.807, 2.05) is 13.8 Å². The first-order valence-electron chi connectivity index (χ1n) is 17.1. The number of cyclic esters (lactones) is 3. The molecule has 0 aliphatic carbocycles. The predicted molar refractivity (Wildman–Crippen MR) is 178 cm³/mol. The average Bonchev–Trinajstić information content (AvgIpc) is 2.98. The molecule has 0 unspecified atom stereocenters. The van der Waals surface area contributed by atoms with Gasteiger partial charge in [0.2, 0.25) is 0 Å². The second kappa shape index (κ2) is 17.8. The Kier molecular flexibility index (Phi) is 15.9. The molecule has 12 nitrogen and oxygen atoms in total. The third-order valence-corrected chi connectivity index (χ3v) is 9.29. The summed E-state index contributed by atoms with van der Waals surface area (Å²) in [4.78, 5) is 87.3. The van der Waals surface area contributed by atoms with Gasteiger partial charge in [-0.25, -0.2) is 14.4 Å². The Bertz CT molecular complexity index is 1110. The molecule has 8 atom stereocenters. The SMILES string of the molecule is CC[C@@H](C)[C@@H]1C(=O)O[C@H](C(C)C)C(=O)N(C)[C@@H](C(C)C)C(=O)O[C@H](C(C)C)C(=O)N(C)[C@@H]([C@@H](C)CC)C(=O)O[C@H](C(C)C)C(=O)N1C. The van der Waals surface area contributed by atoms with E-state index in [4.69, 9.17) is 14.2 Å². The van der Waals surface area contributed by atoms with Crippen LogP contribution in [0.3, 0.4) is 0 Å². The van der Waals surface area contributed by atoms with Gasteiger partial charge in [-0.2, -0.15) is 0 Å². The highest BCUT2D eigenvalue weighted by Crippen LogP contribution is 2.26. The Morgan fingerprint density at radius 1 is 0.447 bits per heavy atom. The second-order valence-corrected chi connectivity index (χ2v) is 14.5. The van der Waals surface area contributed by atoms with E-state index in [1.165, 1.54) is 35.8 Å². The van der Waals surface area contributed by atoms with Crippen LogP contribution in [0.15, 0.2) is 0 Å². The third-order valence-electron chi connectivity index (χ3n) is 9.29. The van der Waals surface area contributed by atoms with E-state index in [-0.39, 0.29) is 11.8 Å². The van der Waals surface area contributed by atoms with Crippen molar-refractivity contribution in [3.8, 4) is 0 Å². The molecule has 12 heteroatoms. The highest BCUT2D eigenvalue weighted by molar-refractivity contribution is 5.94. The van der Waals surface area contributed by atoms with Crippen LogP contribution >= 0.6 is 0 Å². The predicted octanol–water partition coefficient (Wildman–Crippen LogP) is 3.93. The zero-order valence-electron chi connectivity index (χ0n) is 31.4.